The van der Waals surface area contributed by atoms with Gasteiger partial charge in [0.2, 0.25) is 0 Å². The van der Waals surface area contributed by atoms with Gasteiger partial charge in [-0.05, 0) is 44.2 Å². The number of rotatable bonds is 6. The second kappa shape index (κ2) is 6.93. The minimum absolute atomic E-state index is 0.0784. The lowest BCUT2D eigenvalue weighted by Gasteiger charge is -2.18. The van der Waals surface area contributed by atoms with Gasteiger partial charge in [0.15, 0.2) is 11.6 Å². The molecule has 0 aliphatic heterocycles. The average Bonchev–Trinajstić information content (AvgIpc) is 2.50. The minimum Gasteiger partial charge on any atom is -0.356 e. The Morgan fingerprint density at radius 3 is 2.41 bits per heavy atom. The molecule has 0 aliphatic carbocycles. The molecule has 0 fully saturated rings. The summed E-state index contributed by atoms with van der Waals surface area (Å²) in [6.45, 7) is 5.64. The van der Waals surface area contributed by atoms with Crippen LogP contribution < -0.4 is 9.62 Å². The van der Waals surface area contributed by atoms with E-state index in [4.69, 9.17) is 11.6 Å². The third-order valence-corrected chi connectivity index (χ3v) is 4.67. The monoisotopic (exact) mass is 340 g/mol. The van der Waals surface area contributed by atoms with Gasteiger partial charge in [-0.15, -0.1) is 10.2 Å². The molecule has 8 heteroatoms. The van der Waals surface area contributed by atoms with Gasteiger partial charge >= 0.3 is 0 Å². The molecule has 0 saturated carbocycles. The summed E-state index contributed by atoms with van der Waals surface area (Å²) >= 11 is 5.82. The Labute approximate surface area is 135 Å². The van der Waals surface area contributed by atoms with E-state index in [2.05, 4.69) is 14.9 Å². The van der Waals surface area contributed by atoms with Crippen LogP contribution in [0.5, 0.6) is 0 Å². The SMILES string of the molecule is CCN(CC)c1ccc(NS(=O)(=O)c2cccc(Cl)c2)nn1. The lowest BCUT2D eigenvalue weighted by molar-refractivity contribution is 0.601. The van der Waals surface area contributed by atoms with Gasteiger partial charge in [-0.2, -0.15) is 0 Å². The summed E-state index contributed by atoms with van der Waals surface area (Å²) in [4.78, 5) is 2.09. The molecule has 1 aromatic carbocycles. The van der Waals surface area contributed by atoms with Crippen LogP contribution in [-0.4, -0.2) is 31.7 Å². The highest BCUT2D eigenvalue weighted by atomic mass is 35.5. The molecular weight excluding hydrogens is 324 g/mol. The fourth-order valence-corrected chi connectivity index (χ4v) is 3.22. The molecule has 0 saturated heterocycles. The van der Waals surface area contributed by atoms with Gasteiger partial charge in [-0.25, -0.2) is 8.42 Å². The largest absolute Gasteiger partial charge is 0.356 e. The standard InChI is InChI=1S/C14H17ClN4O2S/c1-3-19(4-2)14-9-8-13(16-17-14)18-22(20,21)12-7-5-6-11(15)10-12/h5-10H,3-4H2,1-2H3,(H,16,18). The van der Waals surface area contributed by atoms with Crippen LogP contribution in [0.2, 0.25) is 5.02 Å². The van der Waals surface area contributed by atoms with Crippen LogP contribution in [0.4, 0.5) is 11.6 Å². The molecule has 118 valence electrons. The number of sulfonamides is 1. The van der Waals surface area contributed by atoms with Crippen LogP contribution in [0.1, 0.15) is 13.8 Å². The molecule has 0 unspecified atom stereocenters. The van der Waals surface area contributed by atoms with Crippen molar-refractivity contribution in [3.05, 3.63) is 41.4 Å². The van der Waals surface area contributed by atoms with Gasteiger partial charge < -0.3 is 4.90 Å². The Morgan fingerprint density at radius 2 is 1.86 bits per heavy atom. The van der Waals surface area contributed by atoms with Crippen molar-refractivity contribution in [1.82, 2.24) is 10.2 Å². The zero-order valence-electron chi connectivity index (χ0n) is 12.3. The average molecular weight is 341 g/mol. The fraction of sp³-hybridized carbons (Fsp3) is 0.286. The molecule has 0 atom stereocenters. The highest BCUT2D eigenvalue weighted by Gasteiger charge is 2.15. The summed E-state index contributed by atoms with van der Waals surface area (Å²) in [5.74, 6) is 0.867. The molecule has 0 spiro atoms. The van der Waals surface area contributed by atoms with Gasteiger partial charge in [0.05, 0.1) is 4.90 Å². The number of halogens is 1. The van der Waals surface area contributed by atoms with Gasteiger partial charge in [0.25, 0.3) is 10.0 Å². The zero-order valence-corrected chi connectivity index (χ0v) is 13.9. The van der Waals surface area contributed by atoms with Gasteiger partial charge in [-0.3, -0.25) is 4.72 Å². The van der Waals surface area contributed by atoms with Crippen LogP contribution >= 0.6 is 11.6 Å². The molecule has 2 aromatic rings. The summed E-state index contributed by atoms with van der Waals surface area (Å²) in [6, 6.07) is 9.34. The highest BCUT2D eigenvalue weighted by Crippen LogP contribution is 2.19. The molecule has 1 N–H and O–H groups in total. The maximum absolute atomic E-state index is 12.2. The second-order valence-corrected chi connectivity index (χ2v) is 6.63. The van der Waals surface area contributed by atoms with E-state index in [1.165, 1.54) is 12.1 Å². The summed E-state index contributed by atoms with van der Waals surface area (Å²) in [5, 5.41) is 8.31. The second-order valence-electron chi connectivity index (χ2n) is 4.51. The number of nitrogens with one attached hydrogen (secondary N) is 1. The van der Waals surface area contributed by atoms with E-state index < -0.39 is 10.0 Å². The van der Waals surface area contributed by atoms with Crippen molar-refractivity contribution in [1.29, 1.82) is 0 Å². The van der Waals surface area contributed by atoms with Gasteiger partial charge in [-0.1, -0.05) is 17.7 Å². The normalized spacial score (nSPS) is 11.2. The molecule has 1 aromatic heterocycles. The lowest BCUT2D eigenvalue weighted by Crippen LogP contribution is -2.23. The molecule has 6 nitrogen and oxygen atoms in total. The first-order valence-corrected chi connectivity index (χ1v) is 8.69. The maximum atomic E-state index is 12.2. The van der Waals surface area contributed by atoms with E-state index in [0.29, 0.717) is 10.8 Å². The molecule has 0 aliphatic rings. The van der Waals surface area contributed by atoms with Gasteiger partial charge in [0, 0.05) is 18.1 Å². The van der Waals surface area contributed by atoms with Crippen LogP contribution in [0.3, 0.4) is 0 Å². The molecular formula is C14H17ClN4O2S. The summed E-state index contributed by atoms with van der Waals surface area (Å²) < 4.78 is 26.9. The quantitative estimate of drug-likeness (QED) is 0.875. The van der Waals surface area contributed by atoms with Crippen molar-refractivity contribution in [3.8, 4) is 0 Å². The van der Waals surface area contributed by atoms with Crippen LogP contribution in [0, 0.1) is 0 Å². The van der Waals surface area contributed by atoms with Crippen LogP contribution in [-0.2, 0) is 10.0 Å². The molecule has 0 bridgehead atoms. The summed E-state index contributed by atoms with van der Waals surface area (Å²) in [7, 11) is -3.73. The molecule has 2 rings (SSSR count). The Balaban J connectivity index is 2.20. The topological polar surface area (TPSA) is 75.2 Å². The predicted octanol–water partition coefficient (Wildman–Crippen LogP) is 2.78. The van der Waals surface area contributed by atoms with Crippen molar-refractivity contribution in [3.63, 3.8) is 0 Å². The Bertz CT molecular complexity index is 731. The first-order chi connectivity index (χ1) is 10.5. The van der Waals surface area contributed by atoms with Crippen molar-refractivity contribution in [2.24, 2.45) is 0 Å². The number of anilines is 2. The smallest absolute Gasteiger partial charge is 0.263 e. The first-order valence-electron chi connectivity index (χ1n) is 6.83. The lowest BCUT2D eigenvalue weighted by atomic mass is 10.4. The summed E-state index contributed by atoms with van der Waals surface area (Å²) in [6.07, 6.45) is 0. The van der Waals surface area contributed by atoms with Crippen LogP contribution in [0.25, 0.3) is 0 Å². The third kappa shape index (κ3) is 3.86. The number of benzene rings is 1. The number of hydrogen-bond donors (Lipinski definition) is 1. The van der Waals surface area contributed by atoms with Crippen molar-refractivity contribution in [2.75, 3.05) is 22.7 Å². The Hall–Kier alpha value is -1.86. The van der Waals surface area contributed by atoms with Crippen LogP contribution in [0.15, 0.2) is 41.3 Å². The molecule has 0 radical (unpaired) electrons. The highest BCUT2D eigenvalue weighted by molar-refractivity contribution is 7.92. The van der Waals surface area contributed by atoms with E-state index in [1.807, 2.05) is 18.7 Å². The van der Waals surface area contributed by atoms with E-state index in [9.17, 15) is 8.42 Å². The van der Waals surface area contributed by atoms with E-state index in [1.54, 1.807) is 24.3 Å². The van der Waals surface area contributed by atoms with E-state index in [-0.39, 0.29) is 10.7 Å². The Kier molecular flexibility index (Phi) is 5.20. The van der Waals surface area contributed by atoms with Gasteiger partial charge in [0.1, 0.15) is 0 Å². The fourth-order valence-electron chi connectivity index (χ4n) is 1.93. The van der Waals surface area contributed by atoms with Crippen molar-refractivity contribution < 1.29 is 8.42 Å². The predicted molar refractivity (Wildman–Crippen MR) is 87.9 cm³/mol. The Morgan fingerprint density at radius 1 is 1.14 bits per heavy atom. The third-order valence-electron chi connectivity index (χ3n) is 3.08. The number of hydrogen-bond acceptors (Lipinski definition) is 5. The first kappa shape index (κ1) is 16.5. The maximum Gasteiger partial charge on any atom is 0.263 e. The summed E-state index contributed by atoms with van der Waals surface area (Å²) in [5.41, 5.74) is 0. The van der Waals surface area contributed by atoms with Crippen molar-refractivity contribution >= 4 is 33.3 Å². The molecule has 0 amide bonds. The minimum atomic E-state index is -3.73. The van der Waals surface area contributed by atoms with Crippen molar-refractivity contribution in [2.45, 2.75) is 18.7 Å². The van der Waals surface area contributed by atoms with E-state index >= 15 is 0 Å². The number of aromatic nitrogens is 2. The van der Waals surface area contributed by atoms with E-state index in [0.717, 1.165) is 13.1 Å². The number of nitrogens with zero attached hydrogens (tertiary/aromatic N) is 3. The molecule has 1 heterocycles. The zero-order chi connectivity index (χ0) is 16.2. The molecule has 22 heavy (non-hydrogen) atoms.